The number of hydrogen-bond donors (Lipinski definition) is 1. The zero-order chi connectivity index (χ0) is 11.4. The van der Waals surface area contributed by atoms with Crippen molar-refractivity contribution in [3.8, 4) is 0 Å². The highest BCUT2D eigenvalue weighted by Crippen LogP contribution is 2.17. The van der Waals surface area contributed by atoms with Crippen LogP contribution in [0.3, 0.4) is 0 Å². The summed E-state index contributed by atoms with van der Waals surface area (Å²) in [6.45, 7) is 14.8. The molecule has 14 heavy (non-hydrogen) atoms. The minimum absolute atomic E-state index is 0.521. The maximum absolute atomic E-state index is 5.68. The topological polar surface area (TPSA) is 26.0 Å². The second kappa shape index (κ2) is 12.2. The molecule has 0 aromatic carbocycles. The fraction of sp³-hybridized carbons (Fsp3) is 0.538. The van der Waals surface area contributed by atoms with Gasteiger partial charge in [0.1, 0.15) is 0 Å². The van der Waals surface area contributed by atoms with Crippen LogP contribution in [-0.4, -0.2) is 6.54 Å². The van der Waals surface area contributed by atoms with Crippen LogP contribution in [0.1, 0.15) is 33.1 Å². The molecule has 0 heterocycles. The van der Waals surface area contributed by atoms with Crippen molar-refractivity contribution in [2.24, 2.45) is 11.7 Å². The van der Waals surface area contributed by atoms with Crippen molar-refractivity contribution in [2.45, 2.75) is 33.1 Å². The summed E-state index contributed by atoms with van der Waals surface area (Å²) in [5.41, 5.74) is 6.97. The summed E-state index contributed by atoms with van der Waals surface area (Å²) in [5, 5.41) is 0. The van der Waals surface area contributed by atoms with Crippen molar-refractivity contribution in [3.05, 3.63) is 37.5 Å². The van der Waals surface area contributed by atoms with E-state index >= 15 is 0 Å². The van der Waals surface area contributed by atoms with E-state index in [-0.39, 0.29) is 0 Å². The summed E-state index contributed by atoms with van der Waals surface area (Å²) in [5.74, 6) is 0.521. The second-order valence-electron chi connectivity index (χ2n) is 3.07. The zero-order valence-electron chi connectivity index (χ0n) is 9.76. The predicted molar refractivity (Wildman–Crippen MR) is 67.3 cm³/mol. The first-order valence-electron chi connectivity index (χ1n) is 5.28. The molecule has 0 aromatic rings. The molecule has 0 aliphatic heterocycles. The average molecular weight is 195 g/mol. The summed E-state index contributed by atoms with van der Waals surface area (Å²) in [4.78, 5) is 0. The molecule has 0 bridgehead atoms. The number of unbranched alkanes of at least 4 members (excludes halogenated alkanes) is 1. The Morgan fingerprint density at radius 1 is 1.43 bits per heavy atom. The highest BCUT2D eigenvalue weighted by atomic mass is 14.5. The molecule has 0 aromatic heterocycles. The van der Waals surface area contributed by atoms with Gasteiger partial charge in [-0.1, -0.05) is 38.5 Å². The molecule has 0 aliphatic carbocycles. The zero-order valence-corrected chi connectivity index (χ0v) is 9.76. The molecule has 1 atom stereocenters. The van der Waals surface area contributed by atoms with Gasteiger partial charge in [-0.15, -0.1) is 13.2 Å². The minimum Gasteiger partial charge on any atom is -0.330 e. The highest BCUT2D eigenvalue weighted by molar-refractivity contribution is 5.18. The van der Waals surface area contributed by atoms with Crippen molar-refractivity contribution in [3.63, 3.8) is 0 Å². The fourth-order valence-corrected chi connectivity index (χ4v) is 1.39. The van der Waals surface area contributed by atoms with Crippen LogP contribution in [0, 0.1) is 5.92 Å². The largest absolute Gasteiger partial charge is 0.330 e. The van der Waals surface area contributed by atoms with Gasteiger partial charge in [0.15, 0.2) is 0 Å². The van der Waals surface area contributed by atoms with Gasteiger partial charge in [-0.25, -0.2) is 0 Å². The lowest BCUT2D eigenvalue weighted by molar-refractivity contribution is 0.547. The number of allylic oxidation sites excluding steroid dienone is 2. The molecule has 0 aliphatic rings. The maximum Gasteiger partial charge on any atom is -0.000836 e. The van der Waals surface area contributed by atoms with Crippen LogP contribution < -0.4 is 5.73 Å². The lowest BCUT2D eigenvalue weighted by atomic mass is 9.93. The minimum atomic E-state index is 0.521. The van der Waals surface area contributed by atoms with Gasteiger partial charge in [-0.05, 0) is 31.4 Å². The van der Waals surface area contributed by atoms with Crippen LogP contribution in [0.4, 0.5) is 0 Å². The Balaban J connectivity index is 0. The van der Waals surface area contributed by atoms with Gasteiger partial charge >= 0.3 is 0 Å². The lowest BCUT2D eigenvalue weighted by Gasteiger charge is -2.14. The van der Waals surface area contributed by atoms with E-state index in [9.17, 15) is 0 Å². The van der Waals surface area contributed by atoms with E-state index < -0.39 is 0 Å². The third-order valence-electron chi connectivity index (χ3n) is 2.23. The first kappa shape index (κ1) is 15.6. The summed E-state index contributed by atoms with van der Waals surface area (Å²) >= 11 is 0. The van der Waals surface area contributed by atoms with Gasteiger partial charge in [0.25, 0.3) is 0 Å². The molecule has 0 fully saturated rings. The van der Waals surface area contributed by atoms with E-state index in [0.29, 0.717) is 5.92 Å². The SMILES string of the molecule is C=C.C=C/C(=C\C)C(CN)CCCC. The average Bonchev–Trinajstić information content (AvgIpc) is 2.27. The van der Waals surface area contributed by atoms with Crippen molar-refractivity contribution in [2.75, 3.05) is 6.54 Å². The van der Waals surface area contributed by atoms with Crippen LogP contribution in [0.15, 0.2) is 37.5 Å². The van der Waals surface area contributed by atoms with Gasteiger partial charge in [-0.3, -0.25) is 0 Å². The summed E-state index contributed by atoms with van der Waals surface area (Å²) in [6.07, 6.45) is 7.73. The number of hydrogen-bond acceptors (Lipinski definition) is 1. The van der Waals surface area contributed by atoms with Crippen molar-refractivity contribution in [1.29, 1.82) is 0 Å². The molecule has 0 amide bonds. The van der Waals surface area contributed by atoms with Crippen LogP contribution in [0.5, 0.6) is 0 Å². The Labute approximate surface area is 89.4 Å². The quantitative estimate of drug-likeness (QED) is 0.508. The van der Waals surface area contributed by atoms with E-state index in [4.69, 9.17) is 5.73 Å². The third-order valence-corrected chi connectivity index (χ3v) is 2.23. The molecule has 82 valence electrons. The highest BCUT2D eigenvalue weighted by Gasteiger charge is 2.07. The van der Waals surface area contributed by atoms with Crippen LogP contribution in [-0.2, 0) is 0 Å². The molecule has 0 saturated heterocycles. The van der Waals surface area contributed by atoms with Gasteiger partial charge in [-0.2, -0.15) is 0 Å². The summed E-state index contributed by atoms with van der Waals surface area (Å²) in [7, 11) is 0. The molecule has 0 radical (unpaired) electrons. The molecule has 0 rings (SSSR count). The van der Waals surface area contributed by atoms with Crippen molar-refractivity contribution >= 4 is 0 Å². The van der Waals surface area contributed by atoms with Gasteiger partial charge in [0.05, 0.1) is 0 Å². The van der Waals surface area contributed by atoms with Crippen LogP contribution >= 0.6 is 0 Å². The first-order valence-corrected chi connectivity index (χ1v) is 5.28. The van der Waals surface area contributed by atoms with E-state index in [2.05, 4.69) is 32.7 Å². The lowest BCUT2D eigenvalue weighted by Crippen LogP contribution is -2.15. The summed E-state index contributed by atoms with van der Waals surface area (Å²) in [6, 6.07) is 0. The van der Waals surface area contributed by atoms with Gasteiger partial charge < -0.3 is 5.73 Å². The molecule has 0 spiro atoms. The molecule has 0 saturated carbocycles. The fourth-order valence-electron chi connectivity index (χ4n) is 1.39. The Hall–Kier alpha value is -0.820. The van der Waals surface area contributed by atoms with Crippen LogP contribution in [0.2, 0.25) is 0 Å². The predicted octanol–water partition coefficient (Wildman–Crippen LogP) is 3.69. The van der Waals surface area contributed by atoms with Gasteiger partial charge in [0, 0.05) is 0 Å². The first-order chi connectivity index (χ1) is 6.79. The maximum atomic E-state index is 5.68. The molecule has 1 nitrogen and oxygen atoms in total. The Kier molecular flexibility index (Phi) is 13.6. The molecule has 2 N–H and O–H groups in total. The van der Waals surface area contributed by atoms with E-state index in [0.717, 1.165) is 6.54 Å². The Morgan fingerprint density at radius 3 is 2.29 bits per heavy atom. The molecule has 1 unspecified atom stereocenters. The molecular formula is C13H25N. The Bertz CT molecular complexity index is 159. The number of nitrogens with two attached hydrogens (primary N) is 1. The standard InChI is InChI=1S/C11H21N.C2H4/c1-4-7-8-11(9-12)10(5-2)6-3;1-2/h5-6,11H,2,4,7-9,12H2,1,3H3;1-2H2/b10-6+;. The van der Waals surface area contributed by atoms with Crippen LogP contribution in [0.25, 0.3) is 0 Å². The van der Waals surface area contributed by atoms with E-state index in [1.54, 1.807) is 0 Å². The Morgan fingerprint density at radius 2 is 2.00 bits per heavy atom. The smallest absolute Gasteiger partial charge is 0.000836 e. The molecule has 1 heteroatoms. The molecular weight excluding hydrogens is 170 g/mol. The normalized spacial score (nSPS) is 12.6. The van der Waals surface area contributed by atoms with Crippen molar-refractivity contribution in [1.82, 2.24) is 0 Å². The summed E-state index contributed by atoms with van der Waals surface area (Å²) < 4.78 is 0. The van der Waals surface area contributed by atoms with E-state index in [1.807, 2.05) is 13.0 Å². The third kappa shape index (κ3) is 6.67. The van der Waals surface area contributed by atoms with Gasteiger partial charge in [0.2, 0.25) is 0 Å². The van der Waals surface area contributed by atoms with E-state index in [1.165, 1.54) is 24.8 Å². The van der Waals surface area contributed by atoms with Crippen molar-refractivity contribution < 1.29 is 0 Å². The number of rotatable bonds is 6. The second-order valence-corrected chi connectivity index (χ2v) is 3.07. The monoisotopic (exact) mass is 195 g/mol.